The molecule has 3 aromatic rings. The van der Waals surface area contributed by atoms with Crippen LogP contribution in [0.5, 0.6) is 0 Å². The Balaban J connectivity index is 2.42. The zero-order valence-electron chi connectivity index (χ0n) is 12.7. The Morgan fingerprint density at radius 1 is 1.14 bits per heavy atom. The van der Waals surface area contributed by atoms with E-state index in [9.17, 15) is 5.02 Å². The van der Waals surface area contributed by atoms with E-state index in [-0.39, 0.29) is 7.48 Å². The fraction of sp³-hybridized carbons (Fsp3) is 0.0526. The molecule has 1 aromatic heterocycles. The molecule has 0 amide bonds. The van der Waals surface area contributed by atoms with Crippen LogP contribution in [-0.4, -0.2) is 17.1 Å². The maximum atomic E-state index is 9.45. The lowest BCUT2D eigenvalue weighted by molar-refractivity contribution is 0.615. The normalized spacial score (nSPS) is 12.4. The molecule has 108 valence electrons. The second-order valence-corrected chi connectivity index (χ2v) is 5.17. The molecule has 0 radical (unpaired) electrons. The van der Waals surface area contributed by atoms with Gasteiger partial charge in [0.1, 0.15) is 0 Å². The van der Waals surface area contributed by atoms with E-state index in [4.69, 9.17) is 0 Å². The molecule has 0 saturated carbocycles. The minimum atomic E-state index is 0.0468. The minimum absolute atomic E-state index is 0.0468. The summed E-state index contributed by atoms with van der Waals surface area (Å²) in [6.07, 6.45) is 7.84. The van der Waals surface area contributed by atoms with Gasteiger partial charge in [-0.15, -0.1) is 0 Å². The molecule has 1 heterocycles. The van der Waals surface area contributed by atoms with E-state index in [0.29, 0.717) is 0 Å². The highest BCUT2D eigenvalue weighted by molar-refractivity contribution is 6.46. The molecule has 0 atom stereocenters. The van der Waals surface area contributed by atoms with Gasteiger partial charge in [-0.25, -0.2) is 0 Å². The molecule has 0 saturated heterocycles. The number of rotatable bonds is 4. The molecule has 0 bridgehead atoms. The lowest BCUT2D eigenvalue weighted by Crippen LogP contribution is -2.12. The second kappa shape index (κ2) is 6.08. The highest BCUT2D eigenvalue weighted by Crippen LogP contribution is 2.31. The molecule has 22 heavy (non-hydrogen) atoms. The Bertz CT molecular complexity index is 902. The summed E-state index contributed by atoms with van der Waals surface area (Å²) in [6.45, 7) is 5.77. The Kier molecular flexibility index (Phi) is 3.99. The van der Waals surface area contributed by atoms with Gasteiger partial charge in [-0.05, 0) is 25.1 Å². The van der Waals surface area contributed by atoms with Crippen LogP contribution in [0.1, 0.15) is 6.92 Å². The van der Waals surface area contributed by atoms with Crippen molar-refractivity contribution in [2.45, 2.75) is 6.92 Å². The highest BCUT2D eigenvalue weighted by Gasteiger charge is 2.12. The summed E-state index contributed by atoms with van der Waals surface area (Å²) in [5.41, 5.74) is 4.27. The van der Waals surface area contributed by atoms with Crippen LogP contribution in [0.4, 0.5) is 0 Å². The Morgan fingerprint density at radius 3 is 2.64 bits per heavy atom. The van der Waals surface area contributed by atoms with Crippen molar-refractivity contribution in [3.8, 4) is 0 Å². The van der Waals surface area contributed by atoms with E-state index in [1.54, 1.807) is 6.08 Å². The highest BCUT2D eigenvalue weighted by atomic mass is 16.2. The lowest BCUT2D eigenvalue weighted by atomic mass is 9.88. The van der Waals surface area contributed by atoms with E-state index in [1.807, 2.05) is 25.1 Å². The molecule has 0 unspecified atom stereocenters. The zero-order valence-corrected chi connectivity index (χ0v) is 12.7. The monoisotopic (exact) mass is 287 g/mol. The molecular weight excluding hydrogens is 269 g/mol. The van der Waals surface area contributed by atoms with Crippen molar-refractivity contribution in [1.82, 2.24) is 4.57 Å². The number of benzene rings is 2. The van der Waals surface area contributed by atoms with Gasteiger partial charge in [0.15, 0.2) is 0 Å². The van der Waals surface area contributed by atoms with E-state index >= 15 is 0 Å². The molecule has 0 spiro atoms. The largest absolute Gasteiger partial charge is 0.449 e. The van der Waals surface area contributed by atoms with Crippen LogP contribution in [0.15, 0.2) is 73.3 Å². The van der Waals surface area contributed by atoms with Gasteiger partial charge in [-0.3, -0.25) is 0 Å². The third-order valence-electron chi connectivity index (χ3n) is 3.88. The van der Waals surface area contributed by atoms with E-state index < -0.39 is 0 Å². The molecule has 0 aliphatic carbocycles. The number of aromatic nitrogens is 1. The van der Waals surface area contributed by atoms with E-state index in [2.05, 4.69) is 53.6 Å². The molecule has 0 aliphatic heterocycles. The number of allylic oxidation sites excluding steroid dienone is 5. The molecule has 2 aromatic carbocycles. The first-order valence-corrected chi connectivity index (χ1v) is 7.39. The number of hydrogen-bond acceptors (Lipinski definition) is 1. The predicted molar refractivity (Wildman–Crippen MR) is 97.7 cm³/mol. The minimum Gasteiger partial charge on any atom is -0.449 e. The molecule has 2 nitrogen and oxygen atoms in total. The third kappa shape index (κ3) is 2.30. The maximum Gasteiger partial charge on any atom is 0.304 e. The summed E-state index contributed by atoms with van der Waals surface area (Å²) in [5.74, 6) is 0. The van der Waals surface area contributed by atoms with Crippen molar-refractivity contribution in [3.63, 3.8) is 0 Å². The van der Waals surface area contributed by atoms with Crippen LogP contribution in [-0.2, 0) is 0 Å². The number of hydrogen-bond donors (Lipinski definition) is 1. The fourth-order valence-corrected chi connectivity index (χ4v) is 2.86. The first kappa shape index (κ1) is 14.4. The molecule has 3 rings (SSSR count). The van der Waals surface area contributed by atoms with Gasteiger partial charge in [0.2, 0.25) is 0 Å². The first-order chi connectivity index (χ1) is 10.8. The predicted octanol–water partition coefficient (Wildman–Crippen LogP) is 3.37. The maximum absolute atomic E-state index is 9.45. The first-order valence-electron chi connectivity index (χ1n) is 7.39. The SMILES string of the molecule is C=C/C=C\C(=C/C)n1c2ccccc2c2ccc(BO)cc21. The summed E-state index contributed by atoms with van der Waals surface area (Å²) >= 11 is 0. The molecule has 3 heteroatoms. The summed E-state index contributed by atoms with van der Waals surface area (Å²) < 4.78 is 2.23. The van der Waals surface area contributed by atoms with Crippen molar-refractivity contribution in [2.75, 3.05) is 0 Å². The van der Waals surface area contributed by atoms with Gasteiger partial charge in [0, 0.05) is 16.5 Å². The van der Waals surface area contributed by atoms with Gasteiger partial charge in [0.05, 0.1) is 11.0 Å². The van der Waals surface area contributed by atoms with Gasteiger partial charge in [-0.2, -0.15) is 0 Å². The third-order valence-corrected chi connectivity index (χ3v) is 3.88. The summed E-state index contributed by atoms with van der Waals surface area (Å²) in [6, 6.07) is 14.5. The van der Waals surface area contributed by atoms with E-state index in [0.717, 1.165) is 22.2 Å². The standard InChI is InChI=1S/C19H18BNO/c1-3-5-8-15(4-2)21-18-10-7-6-9-16(18)17-12-11-14(20-22)13-19(17)21/h3-13,20,22H,1H2,2H3/b8-5-,15-4+. The van der Waals surface area contributed by atoms with Gasteiger partial charge < -0.3 is 9.59 Å². The van der Waals surface area contributed by atoms with Crippen molar-refractivity contribution >= 4 is 40.4 Å². The number of fused-ring (bicyclic) bond motifs is 3. The summed E-state index contributed by atoms with van der Waals surface area (Å²) in [5, 5.41) is 11.9. The van der Waals surface area contributed by atoms with Crippen molar-refractivity contribution < 1.29 is 5.02 Å². The number of nitrogens with zero attached hydrogens (tertiary/aromatic N) is 1. The van der Waals surface area contributed by atoms with Crippen LogP contribution in [0.2, 0.25) is 0 Å². The average molecular weight is 287 g/mol. The van der Waals surface area contributed by atoms with Crippen LogP contribution < -0.4 is 5.46 Å². The second-order valence-electron chi connectivity index (χ2n) is 5.17. The van der Waals surface area contributed by atoms with E-state index in [1.165, 1.54) is 10.8 Å². The molecule has 0 fully saturated rings. The Morgan fingerprint density at radius 2 is 1.91 bits per heavy atom. The quantitative estimate of drug-likeness (QED) is 0.577. The van der Waals surface area contributed by atoms with Crippen molar-refractivity contribution in [1.29, 1.82) is 0 Å². The average Bonchev–Trinajstić information content (AvgIpc) is 2.90. The van der Waals surface area contributed by atoms with Crippen molar-refractivity contribution in [2.24, 2.45) is 0 Å². The van der Waals surface area contributed by atoms with Crippen LogP contribution >= 0.6 is 0 Å². The van der Waals surface area contributed by atoms with Crippen molar-refractivity contribution in [3.05, 3.63) is 73.3 Å². The van der Waals surface area contributed by atoms with Gasteiger partial charge in [0.25, 0.3) is 0 Å². The van der Waals surface area contributed by atoms with Gasteiger partial charge in [-0.1, -0.05) is 60.6 Å². The Hall–Kier alpha value is -2.52. The zero-order chi connectivity index (χ0) is 15.5. The smallest absolute Gasteiger partial charge is 0.304 e. The molecule has 1 N–H and O–H groups in total. The Labute approximate surface area is 131 Å². The van der Waals surface area contributed by atoms with Crippen LogP contribution in [0.25, 0.3) is 27.5 Å². The summed E-state index contributed by atoms with van der Waals surface area (Å²) in [7, 11) is 0.0468. The summed E-state index contributed by atoms with van der Waals surface area (Å²) in [4.78, 5) is 0. The number of para-hydroxylation sites is 1. The van der Waals surface area contributed by atoms with Crippen LogP contribution in [0.3, 0.4) is 0 Å². The topological polar surface area (TPSA) is 25.2 Å². The molecular formula is C19H18BNO. The fourth-order valence-electron chi connectivity index (χ4n) is 2.86. The molecule has 0 aliphatic rings. The lowest BCUT2D eigenvalue weighted by Gasteiger charge is -2.09. The van der Waals surface area contributed by atoms with Crippen LogP contribution in [0, 0.1) is 0 Å². The van der Waals surface area contributed by atoms with Gasteiger partial charge >= 0.3 is 7.48 Å².